The van der Waals surface area contributed by atoms with Crippen molar-refractivity contribution in [3.05, 3.63) is 35.4 Å². The number of hydrogen-bond acceptors (Lipinski definition) is 4. The molecule has 2 fully saturated rings. The van der Waals surface area contributed by atoms with Crippen molar-refractivity contribution in [2.24, 2.45) is 5.92 Å². The van der Waals surface area contributed by atoms with E-state index in [2.05, 4.69) is 30.0 Å². The van der Waals surface area contributed by atoms with Gasteiger partial charge in [-0.2, -0.15) is 0 Å². The van der Waals surface area contributed by atoms with Gasteiger partial charge in [0.25, 0.3) is 5.91 Å². The number of likely N-dealkylation sites (tertiary alicyclic amines) is 2. The Bertz CT molecular complexity index is 613. The standard InChI is InChI=1S/C21H32N2O3/c1-17-5-3-6-19(13-17)14-23-10-4-9-21(25,20(23)24)16-22-11-7-18(8-12-22)15-26-2/h3,5-6,13,18,25H,4,7-12,14-16H2,1-2H3/t21-/m1/s1. The SMILES string of the molecule is COCC1CCN(C[C@]2(O)CCCN(Cc3cccc(C)c3)C2=O)CC1. The number of methoxy groups -OCH3 is 1. The molecule has 2 aliphatic heterocycles. The molecule has 2 aliphatic rings. The Labute approximate surface area is 156 Å². The van der Waals surface area contributed by atoms with Crippen LogP contribution in [0.1, 0.15) is 36.8 Å². The van der Waals surface area contributed by atoms with Gasteiger partial charge in [0.05, 0.1) is 0 Å². The molecule has 2 heterocycles. The van der Waals surface area contributed by atoms with Gasteiger partial charge in [0.2, 0.25) is 0 Å². The molecule has 1 amide bonds. The molecule has 1 atom stereocenters. The van der Waals surface area contributed by atoms with Crippen molar-refractivity contribution in [2.75, 3.05) is 39.9 Å². The Hall–Kier alpha value is -1.43. The third-order valence-electron chi connectivity index (χ3n) is 5.75. The maximum atomic E-state index is 13.0. The van der Waals surface area contributed by atoms with Crippen molar-refractivity contribution in [2.45, 2.75) is 44.8 Å². The lowest BCUT2D eigenvalue weighted by molar-refractivity contribution is -0.160. The quantitative estimate of drug-likeness (QED) is 0.845. The highest BCUT2D eigenvalue weighted by Gasteiger charge is 2.43. The van der Waals surface area contributed by atoms with Crippen LogP contribution in [0.3, 0.4) is 0 Å². The molecule has 0 saturated carbocycles. The van der Waals surface area contributed by atoms with E-state index in [-0.39, 0.29) is 5.91 Å². The van der Waals surface area contributed by atoms with E-state index in [1.807, 2.05) is 11.0 Å². The molecule has 5 heteroatoms. The lowest BCUT2D eigenvalue weighted by Gasteiger charge is -2.42. The number of β-amino-alcohol motifs (C(OH)–C–C–N with tert-alkyl or cyclic N) is 1. The largest absolute Gasteiger partial charge is 0.384 e. The molecule has 26 heavy (non-hydrogen) atoms. The number of ether oxygens (including phenoxy) is 1. The van der Waals surface area contributed by atoms with Crippen LogP contribution >= 0.6 is 0 Å². The van der Waals surface area contributed by atoms with Crippen molar-refractivity contribution >= 4 is 5.91 Å². The summed E-state index contributed by atoms with van der Waals surface area (Å²) in [5.41, 5.74) is 1.08. The van der Waals surface area contributed by atoms with Crippen molar-refractivity contribution in [1.82, 2.24) is 9.80 Å². The summed E-state index contributed by atoms with van der Waals surface area (Å²) < 4.78 is 5.25. The van der Waals surface area contributed by atoms with Gasteiger partial charge in [-0.15, -0.1) is 0 Å². The normalized spacial score (nSPS) is 25.7. The number of carbonyl (C=O) groups excluding carboxylic acids is 1. The van der Waals surface area contributed by atoms with E-state index in [0.29, 0.717) is 25.4 Å². The molecule has 1 N–H and O–H groups in total. The van der Waals surface area contributed by atoms with Crippen LogP contribution in [0.4, 0.5) is 0 Å². The van der Waals surface area contributed by atoms with E-state index in [1.165, 1.54) is 5.56 Å². The second kappa shape index (κ2) is 8.51. The minimum absolute atomic E-state index is 0.107. The minimum Gasteiger partial charge on any atom is -0.384 e. The first kappa shape index (κ1) is 19.3. The summed E-state index contributed by atoms with van der Waals surface area (Å²) in [6, 6.07) is 8.25. The summed E-state index contributed by atoms with van der Waals surface area (Å²) in [6.07, 6.45) is 3.57. The second-order valence-corrected chi connectivity index (χ2v) is 8.03. The van der Waals surface area contributed by atoms with Gasteiger partial charge >= 0.3 is 0 Å². The Kier molecular flexibility index (Phi) is 6.33. The molecule has 0 spiro atoms. The van der Waals surface area contributed by atoms with Crippen LogP contribution in [0.15, 0.2) is 24.3 Å². The van der Waals surface area contributed by atoms with Gasteiger partial charge in [-0.1, -0.05) is 29.8 Å². The second-order valence-electron chi connectivity index (χ2n) is 8.03. The number of aliphatic hydroxyl groups is 1. The van der Waals surface area contributed by atoms with Gasteiger partial charge < -0.3 is 14.7 Å². The fraction of sp³-hybridized carbons (Fsp3) is 0.667. The summed E-state index contributed by atoms with van der Waals surface area (Å²) >= 11 is 0. The zero-order valence-corrected chi connectivity index (χ0v) is 16.1. The molecule has 0 aromatic heterocycles. The maximum absolute atomic E-state index is 13.0. The molecule has 1 aromatic rings. The molecule has 5 nitrogen and oxygen atoms in total. The van der Waals surface area contributed by atoms with E-state index in [9.17, 15) is 9.90 Å². The van der Waals surface area contributed by atoms with Gasteiger partial charge in [0.15, 0.2) is 5.60 Å². The molecule has 0 bridgehead atoms. The number of carbonyl (C=O) groups is 1. The zero-order chi connectivity index (χ0) is 18.6. The highest BCUT2D eigenvalue weighted by Crippen LogP contribution is 2.27. The number of rotatable bonds is 6. The lowest BCUT2D eigenvalue weighted by Crippen LogP contribution is -2.59. The van der Waals surface area contributed by atoms with Gasteiger partial charge in [-0.25, -0.2) is 0 Å². The van der Waals surface area contributed by atoms with E-state index < -0.39 is 5.60 Å². The molecule has 0 unspecified atom stereocenters. The van der Waals surface area contributed by atoms with Crippen LogP contribution in [-0.4, -0.2) is 66.3 Å². The van der Waals surface area contributed by atoms with Crippen LogP contribution in [0, 0.1) is 12.8 Å². The zero-order valence-electron chi connectivity index (χ0n) is 16.1. The van der Waals surface area contributed by atoms with E-state index >= 15 is 0 Å². The van der Waals surface area contributed by atoms with E-state index in [4.69, 9.17) is 4.74 Å². The van der Waals surface area contributed by atoms with Crippen LogP contribution < -0.4 is 0 Å². The highest BCUT2D eigenvalue weighted by atomic mass is 16.5. The number of amides is 1. The van der Waals surface area contributed by atoms with Crippen LogP contribution in [-0.2, 0) is 16.1 Å². The van der Waals surface area contributed by atoms with Crippen LogP contribution in [0.2, 0.25) is 0 Å². The third kappa shape index (κ3) is 4.64. The first-order chi connectivity index (χ1) is 12.5. The van der Waals surface area contributed by atoms with Crippen LogP contribution in [0.25, 0.3) is 0 Å². The number of benzene rings is 1. The highest BCUT2D eigenvalue weighted by molar-refractivity contribution is 5.86. The van der Waals surface area contributed by atoms with Gasteiger partial charge in [-0.3, -0.25) is 9.69 Å². The Balaban J connectivity index is 1.59. The minimum atomic E-state index is -1.24. The Morgan fingerprint density at radius 3 is 2.73 bits per heavy atom. The summed E-state index contributed by atoms with van der Waals surface area (Å²) in [5, 5.41) is 11.1. The maximum Gasteiger partial charge on any atom is 0.256 e. The fourth-order valence-corrected chi connectivity index (χ4v) is 4.31. The average Bonchev–Trinajstić information content (AvgIpc) is 2.61. The van der Waals surface area contributed by atoms with Gasteiger partial charge in [-0.05, 0) is 57.2 Å². The number of aryl methyl sites for hydroxylation is 1. The first-order valence-electron chi connectivity index (χ1n) is 9.79. The number of nitrogens with zero attached hydrogens (tertiary/aromatic N) is 2. The summed E-state index contributed by atoms with van der Waals surface area (Å²) in [6.45, 7) is 6.49. The van der Waals surface area contributed by atoms with Crippen molar-refractivity contribution in [1.29, 1.82) is 0 Å². The predicted octanol–water partition coefficient (Wildman–Crippen LogP) is 2.21. The predicted molar refractivity (Wildman–Crippen MR) is 102 cm³/mol. The van der Waals surface area contributed by atoms with Crippen molar-refractivity contribution in [3.8, 4) is 0 Å². The molecular formula is C21H32N2O3. The Morgan fingerprint density at radius 2 is 2.04 bits per heavy atom. The van der Waals surface area contributed by atoms with Gasteiger partial charge in [0.1, 0.15) is 0 Å². The average molecular weight is 360 g/mol. The monoisotopic (exact) mass is 360 g/mol. The Morgan fingerprint density at radius 1 is 1.27 bits per heavy atom. The molecule has 2 saturated heterocycles. The molecular weight excluding hydrogens is 328 g/mol. The molecule has 1 aromatic carbocycles. The summed E-state index contributed by atoms with van der Waals surface area (Å²) in [4.78, 5) is 17.1. The fourth-order valence-electron chi connectivity index (χ4n) is 4.31. The molecule has 0 aliphatic carbocycles. The smallest absolute Gasteiger partial charge is 0.256 e. The topological polar surface area (TPSA) is 53.0 Å². The molecule has 144 valence electrons. The van der Waals surface area contributed by atoms with E-state index in [1.54, 1.807) is 7.11 Å². The summed E-state index contributed by atoms with van der Waals surface area (Å²) in [7, 11) is 1.75. The third-order valence-corrected chi connectivity index (χ3v) is 5.75. The lowest BCUT2D eigenvalue weighted by atomic mass is 9.89. The first-order valence-corrected chi connectivity index (χ1v) is 9.79. The van der Waals surface area contributed by atoms with Crippen molar-refractivity contribution in [3.63, 3.8) is 0 Å². The van der Waals surface area contributed by atoms with Crippen LogP contribution in [0.5, 0.6) is 0 Å². The van der Waals surface area contributed by atoms with Crippen molar-refractivity contribution < 1.29 is 14.6 Å². The van der Waals surface area contributed by atoms with E-state index in [0.717, 1.165) is 51.1 Å². The number of piperidine rings is 2. The summed E-state index contributed by atoms with van der Waals surface area (Å²) in [5.74, 6) is 0.495. The number of hydrogen-bond donors (Lipinski definition) is 1. The molecule has 3 rings (SSSR count). The van der Waals surface area contributed by atoms with Gasteiger partial charge in [0, 0.05) is 33.4 Å². The molecule has 0 radical (unpaired) electrons.